The number of hydrogen-bond donors (Lipinski definition) is 2. The van der Waals surface area contributed by atoms with Crippen LogP contribution in [0, 0.1) is 0 Å². The fourth-order valence-electron chi connectivity index (χ4n) is 2.94. The van der Waals surface area contributed by atoms with Crippen molar-refractivity contribution in [3.05, 3.63) is 29.3 Å². The summed E-state index contributed by atoms with van der Waals surface area (Å²) in [5.74, 6) is 0.645. The van der Waals surface area contributed by atoms with E-state index in [1.165, 1.54) is 0 Å². The van der Waals surface area contributed by atoms with Crippen molar-refractivity contribution in [2.24, 2.45) is 4.99 Å². The molecule has 7 nitrogen and oxygen atoms in total. The maximum absolute atomic E-state index is 11.9. The number of anilines is 1. The lowest BCUT2D eigenvalue weighted by molar-refractivity contribution is -0.127. The monoisotopic (exact) mass is 537 g/mol. The van der Waals surface area contributed by atoms with Gasteiger partial charge in [0, 0.05) is 63.7 Å². The van der Waals surface area contributed by atoms with Gasteiger partial charge >= 0.3 is 0 Å². The van der Waals surface area contributed by atoms with Crippen LogP contribution in [0.2, 0.25) is 5.02 Å². The Hall–Kier alpha value is -1.26. The summed E-state index contributed by atoms with van der Waals surface area (Å²) in [6.45, 7) is 6.09. The van der Waals surface area contributed by atoms with Gasteiger partial charge in [-0.3, -0.25) is 4.79 Å². The van der Waals surface area contributed by atoms with E-state index in [1.807, 2.05) is 25.1 Å². The highest BCUT2D eigenvalue weighted by Gasteiger charge is 2.23. The Balaban J connectivity index is 0.00000420. The second-order valence-corrected chi connectivity index (χ2v) is 7.42. The van der Waals surface area contributed by atoms with Gasteiger partial charge in [-0.05, 0) is 38.0 Å². The molecule has 2 rings (SSSR count). The topological polar surface area (TPSA) is 69.2 Å². The Morgan fingerprint density at radius 3 is 2.90 bits per heavy atom. The molecule has 1 aliphatic heterocycles. The standard InChI is InChI=1S/C20H32ClN5O2.HI/c1-4-28-12-6-10-22-20(23-14-19(27)25(2)3)24-17-9-11-26(15-17)18-8-5-7-16(21)13-18;/h5,7-8,13,17H,4,6,9-12,14-15H2,1-3H3,(H2,22,23,24);1H. The zero-order valence-electron chi connectivity index (χ0n) is 17.5. The van der Waals surface area contributed by atoms with Crippen LogP contribution in [0.25, 0.3) is 0 Å². The second kappa shape index (κ2) is 13.9. The molecule has 0 aliphatic carbocycles. The average molecular weight is 538 g/mol. The van der Waals surface area contributed by atoms with Crippen LogP contribution >= 0.6 is 35.6 Å². The molecule has 1 fully saturated rings. The lowest BCUT2D eigenvalue weighted by atomic mass is 10.2. The molecule has 1 amide bonds. The number of rotatable bonds is 9. The molecule has 1 aliphatic rings. The van der Waals surface area contributed by atoms with E-state index >= 15 is 0 Å². The molecule has 1 atom stereocenters. The molecule has 1 aromatic carbocycles. The zero-order chi connectivity index (χ0) is 20.4. The molecule has 1 aromatic rings. The summed E-state index contributed by atoms with van der Waals surface area (Å²) in [7, 11) is 3.47. The predicted octanol–water partition coefficient (Wildman–Crippen LogP) is 2.59. The first-order chi connectivity index (χ1) is 13.5. The van der Waals surface area contributed by atoms with Gasteiger partial charge in [-0.25, -0.2) is 4.99 Å². The van der Waals surface area contributed by atoms with Gasteiger partial charge in [0.1, 0.15) is 6.54 Å². The quantitative estimate of drug-likeness (QED) is 0.219. The number of aliphatic imine (C=N–C) groups is 1. The number of carbonyl (C=O) groups is 1. The highest BCUT2D eigenvalue weighted by Crippen LogP contribution is 2.23. The minimum Gasteiger partial charge on any atom is -0.382 e. The molecule has 0 spiro atoms. The van der Waals surface area contributed by atoms with Gasteiger partial charge in [0.25, 0.3) is 0 Å². The van der Waals surface area contributed by atoms with Crippen molar-refractivity contribution in [1.82, 2.24) is 15.5 Å². The number of halogens is 2. The van der Waals surface area contributed by atoms with E-state index in [0.717, 1.165) is 49.8 Å². The number of benzene rings is 1. The van der Waals surface area contributed by atoms with Crippen molar-refractivity contribution >= 4 is 53.1 Å². The first-order valence-electron chi connectivity index (χ1n) is 9.83. The highest BCUT2D eigenvalue weighted by molar-refractivity contribution is 14.0. The van der Waals surface area contributed by atoms with Crippen LogP contribution in [-0.2, 0) is 9.53 Å². The smallest absolute Gasteiger partial charge is 0.243 e. The highest BCUT2D eigenvalue weighted by atomic mass is 127. The van der Waals surface area contributed by atoms with Crippen LogP contribution in [0.1, 0.15) is 19.8 Å². The maximum Gasteiger partial charge on any atom is 0.243 e. The van der Waals surface area contributed by atoms with Crippen LogP contribution in [0.5, 0.6) is 0 Å². The number of guanidine groups is 1. The first-order valence-corrected chi connectivity index (χ1v) is 10.2. The molecule has 2 N–H and O–H groups in total. The van der Waals surface area contributed by atoms with Crippen molar-refractivity contribution in [3.8, 4) is 0 Å². The minimum absolute atomic E-state index is 0. The normalized spacial score (nSPS) is 16.3. The number of nitrogens with one attached hydrogen (secondary N) is 2. The number of nitrogens with zero attached hydrogens (tertiary/aromatic N) is 3. The summed E-state index contributed by atoms with van der Waals surface area (Å²) >= 11 is 6.12. The van der Waals surface area contributed by atoms with E-state index in [9.17, 15) is 4.79 Å². The summed E-state index contributed by atoms with van der Waals surface area (Å²) in [4.78, 5) is 20.2. The van der Waals surface area contributed by atoms with Gasteiger partial charge < -0.3 is 25.2 Å². The fraction of sp³-hybridized carbons (Fsp3) is 0.600. The van der Waals surface area contributed by atoms with Gasteiger partial charge in [0.05, 0.1) is 0 Å². The number of hydrogen-bond acceptors (Lipinski definition) is 4. The average Bonchev–Trinajstić information content (AvgIpc) is 3.14. The van der Waals surface area contributed by atoms with Crippen LogP contribution in [0.15, 0.2) is 29.3 Å². The largest absolute Gasteiger partial charge is 0.382 e. The zero-order valence-corrected chi connectivity index (χ0v) is 20.6. The van der Waals surface area contributed by atoms with Gasteiger partial charge in [-0.2, -0.15) is 0 Å². The Kier molecular flexibility index (Phi) is 12.3. The molecule has 164 valence electrons. The van der Waals surface area contributed by atoms with Crippen LogP contribution in [0.4, 0.5) is 5.69 Å². The van der Waals surface area contributed by atoms with E-state index in [1.54, 1.807) is 19.0 Å². The second-order valence-electron chi connectivity index (χ2n) is 6.99. The summed E-state index contributed by atoms with van der Waals surface area (Å²) in [6, 6.07) is 8.17. The molecule has 0 bridgehead atoms. The van der Waals surface area contributed by atoms with Crippen LogP contribution < -0.4 is 15.5 Å². The molecule has 29 heavy (non-hydrogen) atoms. The number of amides is 1. The van der Waals surface area contributed by atoms with E-state index in [2.05, 4.69) is 26.6 Å². The predicted molar refractivity (Wildman–Crippen MR) is 131 cm³/mol. The molecule has 0 radical (unpaired) electrons. The van der Waals surface area contributed by atoms with Crippen LogP contribution in [0.3, 0.4) is 0 Å². The fourth-order valence-corrected chi connectivity index (χ4v) is 3.13. The maximum atomic E-state index is 11.9. The van der Waals surface area contributed by atoms with E-state index in [4.69, 9.17) is 16.3 Å². The van der Waals surface area contributed by atoms with Gasteiger partial charge in [-0.15, -0.1) is 24.0 Å². The lowest BCUT2D eigenvalue weighted by Crippen LogP contribution is -2.45. The summed E-state index contributed by atoms with van der Waals surface area (Å²) in [6.07, 6.45) is 1.88. The number of ether oxygens (including phenoxy) is 1. The van der Waals surface area contributed by atoms with Crippen molar-refractivity contribution in [3.63, 3.8) is 0 Å². The minimum atomic E-state index is -0.0256. The SMILES string of the molecule is CCOCCCNC(=NCC(=O)N(C)C)NC1CCN(c2cccc(Cl)c2)C1.I. The molecular formula is C20H33ClIN5O2. The molecule has 0 aromatic heterocycles. The van der Waals surface area contributed by atoms with Crippen molar-refractivity contribution in [1.29, 1.82) is 0 Å². The molecule has 0 saturated carbocycles. The summed E-state index contributed by atoms with van der Waals surface area (Å²) in [5, 5.41) is 7.52. The van der Waals surface area contributed by atoms with E-state index in [-0.39, 0.29) is 42.5 Å². The van der Waals surface area contributed by atoms with Gasteiger partial charge in [-0.1, -0.05) is 17.7 Å². The molecule has 9 heteroatoms. The molecule has 1 unspecified atom stereocenters. The van der Waals surface area contributed by atoms with Crippen LogP contribution in [-0.4, -0.2) is 76.3 Å². The van der Waals surface area contributed by atoms with Crippen molar-refractivity contribution < 1.29 is 9.53 Å². The van der Waals surface area contributed by atoms with Crippen molar-refractivity contribution in [2.75, 3.05) is 58.4 Å². The Bertz CT molecular complexity index is 660. The Labute approximate surface area is 196 Å². The summed E-state index contributed by atoms with van der Waals surface area (Å²) in [5.41, 5.74) is 1.13. The third-order valence-electron chi connectivity index (χ3n) is 4.54. The van der Waals surface area contributed by atoms with Crippen molar-refractivity contribution in [2.45, 2.75) is 25.8 Å². The first kappa shape index (κ1) is 25.8. The number of likely N-dealkylation sites (N-methyl/N-ethyl adjacent to an activating group) is 1. The lowest BCUT2D eigenvalue weighted by Gasteiger charge is -2.21. The van der Waals surface area contributed by atoms with Gasteiger partial charge in [0.15, 0.2) is 5.96 Å². The summed E-state index contributed by atoms with van der Waals surface area (Å²) < 4.78 is 5.37. The Morgan fingerprint density at radius 2 is 2.21 bits per heavy atom. The number of carbonyl (C=O) groups excluding carboxylic acids is 1. The molecule has 1 saturated heterocycles. The van der Waals surface area contributed by atoms with Gasteiger partial charge in [0.2, 0.25) is 5.91 Å². The third-order valence-corrected chi connectivity index (χ3v) is 4.77. The molecular weight excluding hydrogens is 505 g/mol. The van der Waals surface area contributed by atoms with E-state index < -0.39 is 0 Å². The third kappa shape index (κ3) is 9.39. The Morgan fingerprint density at radius 1 is 1.41 bits per heavy atom. The molecule has 1 heterocycles. The van der Waals surface area contributed by atoms with E-state index in [0.29, 0.717) is 12.6 Å².